The van der Waals surface area contributed by atoms with Gasteiger partial charge in [-0.3, -0.25) is 4.79 Å². The summed E-state index contributed by atoms with van der Waals surface area (Å²) in [5, 5.41) is 0. The van der Waals surface area contributed by atoms with E-state index in [9.17, 15) is 9.18 Å². The number of halogens is 1. The van der Waals surface area contributed by atoms with Gasteiger partial charge in [-0.25, -0.2) is 4.39 Å². The molecule has 1 aliphatic rings. The van der Waals surface area contributed by atoms with Crippen molar-refractivity contribution < 1.29 is 23.4 Å². The normalized spacial score (nSPS) is 14.2. The van der Waals surface area contributed by atoms with Gasteiger partial charge >= 0.3 is 0 Å². The van der Waals surface area contributed by atoms with Crippen molar-refractivity contribution in [3.63, 3.8) is 0 Å². The zero-order valence-corrected chi connectivity index (χ0v) is 15.8. The van der Waals surface area contributed by atoms with E-state index < -0.39 is 5.82 Å². The molecule has 1 aliphatic heterocycles. The molecule has 1 heterocycles. The molecular formula is C21H24FNO4. The molecule has 6 heteroatoms. The van der Waals surface area contributed by atoms with E-state index >= 15 is 0 Å². The molecule has 144 valence electrons. The Morgan fingerprint density at radius 1 is 1.15 bits per heavy atom. The summed E-state index contributed by atoms with van der Waals surface area (Å²) in [4.78, 5) is 14.2. The third-order valence-corrected chi connectivity index (χ3v) is 4.62. The first-order valence-electron chi connectivity index (χ1n) is 8.88. The van der Waals surface area contributed by atoms with Gasteiger partial charge in [-0.05, 0) is 41.3 Å². The van der Waals surface area contributed by atoms with Gasteiger partial charge < -0.3 is 19.1 Å². The van der Waals surface area contributed by atoms with Crippen molar-refractivity contribution in [2.75, 3.05) is 27.4 Å². The molecule has 0 aromatic heterocycles. The highest BCUT2D eigenvalue weighted by molar-refractivity contribution is 5.98. The maximum absolute atomic E-state index is 13.9. The molecule has 1 amide bonds. The smallest absolute Gasteiger partial charge is 0.254 e. The second kappa shape index (κ2) is 8.39. The topological polar surface area (TPSA) is 48.0 Å². The molecule has 0 spiro atoms. The molecule has 0 radical (unpaired) electrons. The van der Waals surface area contributed by atoms with E-state index in [0.29, 0.717) is 31.9 Å². The molecule has 0 fully saturated rings. The van der Waals surface area contributed by atoms with E-state index in [2.05, 4.69) is 0 Å². The molecule has 0 saturated carbocycles. The fourth-order valence-electron chi connectivity index (χ4n) is 3.21. The summed E-state index contributed by atoms with van der Waals surface area (Å²) in [6, 6.07) is 10.6. The van der Waals surface area contributed by atoms with Gasteiger partial charge in [0.1, 0.15) is 5.75 Å². The van der Waals surface area contributed by atoms with Crippen LogP contribution in [-0.2, 0) is 17.9 Å². The lowest BCUT2D eigenvalue weighted by atomic mass is 10.1. The Hall–Kier alpha value is -2.60. The molecule has 2 aromatic carbocycles. The molecule has 0 bridgehead atoms. The Kier molecular flexibility index (Phi) is 5.96. The first-order chi connectivity index (χ1) is 13.0. The number of nitrogens with zero attached hydrogens (tertiary/aromatic N) is 1. The summed E-state index contributed by atoms with van der Waals surface area (Å²) in [6.07, 6.45) is 0. The summed E-state index contributed by atoms with van der Waals surface area (Å²) >= 11 is 0. The lowest BCUT2D eigenvalue weighted by Gasteiger charge is -2.20. The van der Waals surface area contributed by atoms with Gasteiger partial charge in [-0.15, -0.1) is 0 Å². The lowest BCUT2D eigenvalue weighted by Crippen LogP contribution is -2.30. The highest BCUT2D eigenvalue weighted by Gasteiger charge is 2.30. The average Bonchev–Trinajstić information content (AvgIpc) is 2.96. The molecular weight excluding hydrogens is 349 g/mol. The molecule has 0 N–H and O–H groups in total. The second-order valence-corrected chi connectivity index (χ2v) is 6.80. The van der Waals surface area contributed by atoms with Gasteiger partial charge in [0.05, 0.1) is 27.4 Å². The van der Waals surface area contributed by atoms with Crippen LogP contribution in [0.3, 0.4) is 0 Å². The minimum absolute atomic E-state index is 0.145. The highest BCUT2D eigenvalue weighted by Crippen LogP contribution is 2.29. The maximum Gasteiger partial charge on any atom is 0.254 e. The molecule has 3 rings (SSSR count). The SMILES string of the molecule is COc1ccc(COCC(C)CN2Cc3cc(OC)c(F)cc3C2=O)cc1. The highest BCUT2D eigenvalue weighted by atomic mass is 19.1. The van der Waals surface area contributed by atoms with E-state index in [1.54, 1.807) is 18.1 Å². The maximum atomic E-state index is 13.9. The summed E-state index contributed by atoms with van der Waals surface area (Å²) in [5.74, 6) is 0.482. The van der Waals surface area contributed by atoms with Gasteiger partial charge in [0.25, 0.3) is 5.91 Å². The van der Waals surface area contributed by atoms with Crippen LogP contribution >= 0.6 is 0 Å². The number of carbonyl (C=O) groups excluding carboxylic acids is 1. The van der Waals surface area contributed by atoms with Gasteiger partial charge in [-0.1, -0.05) is 19.1 Å². The monoisotopic (exact) mass is 373 g/mol. The third kappa shape index (κ3) is 4.39. The Labute approximate surface area is 158 Å². The van der Waals surface area contributed by atoms with Crippen LogP contribution in [0.2, 0.25) is 0 Å². The minimum Gasteiger partial charge on any atom is -0.497 e. The predicted molar refractivity (Wildman–Crippen MR) is 99.5 cm³/mol. The fourth-order valence-corrected chi connectivity index (χ4v) is 3.21. The Bertz CT molecular complexity index is 807. The van der Waals surface area contributed by atoms with Crippen molar-refractivity contribution in [2.24, 2.45) is 5.92 Å². The number of amides is 1. The molecule has 0 saturated heterocycles. The number of fused-ring (bicyclic) bond motifs is 1. The van der Waals surface area contributed by atoms with Gasteiger partial charge in [0.15, 0.2) is 11.6 Å². The van der Waals surface area contributed by atoms with Crippen molar-refractivity contribution in [2.45, 2.75) is 20.1 Å². The number of ether oxygens (including phenoxy) is 3. The Morgan fingerprint density at radius 2 is 1.89 bits per heavy atom. The third-order valence-electron chi connectivity index (χ3n) is 4.62. The van der Waals surface area contributed by atoms with Crippen LogP contribution in [0.4, 0.5) is 4.39 Å². The van der Waals surface area contributed by atoms with Crippen LogP contribution < -0.4 is 9.47 Å². The summed E-state index contributed by atoms with van der Waals surface area (Å²) in [6.45, 7) is 4.09. The van der Waals surface area contributed by atoms with Crippen LogP contribution in [0, 0.1) is 11.7 Å². The zero-order valence-electron chi connectivity index (χ0n) is 15.8. The van der Waals surface area contributed by atoms with Crippen molar-refractivity contribution in [3.05, 3.63) is 58.9 Å². The molecule has 2 aromatic rings. The van der Waals surface area contributed by atoms with Gasteiger partial charge in [0, 0.05) is 18.7 Å². The molecule has 0 aliphatic carbocycles. The molecule has 1 unspecified atom stereocenters. The van der Waals surface area contributed by atoms with Crippen LogP contribution in [0.1, 0.15) is 28.4 Å². The van der Waals surface area contributed by atoms with Crippen molar-refractivity contribution >= 4 is 5.91 Å². The number of methoxy groups -OCH3 is 2. The fraction of sp³-hybridized carbons (Fsp3) is 0.381. The van der Waals surface area contributed by atoms with Crippen LogP contribution in [0.15, 0.2) is 36.4 Å². The Balaban J connectivity index is 1.50. The number of hydrogen-bond donors (Lipinski definition) is 0. The van der Waals surface area contributed by atoms with E-state index in [4.69, 9.17) is 14.2 Å². The quantitative estimate of drug-likeness (QED) is 0.709. The largest absolute Gasteiger partial charge is 0.497 e. The second-order valence-electron chi connectivity index (χ2n) is 6.80. The molecule has 5 nitrogen and oxygen atoms in total. The first-order valence-corrected chi connectivity index (χ1v) is 8.88. The number of carbonyl (C=O) groups is 1. The van der Waals surface area contributed by atoms with Gasteiger partial charge in [-0.2, -0.15) is 0 Å². The first kappa shape index (κ1) is 19.2. The summed E-state index contributed by atoms with van der Waals surface area (Å²) < 4.78 is 29.8. The van der Waals surface area contributed by atoms with Crippen LogP contribution in [-0.4, -0.2) is 38.2 Å². The standard InChI is InChI=1S/C21H24FNO4/c1-14(12-27-13-15-4-6-17(25-2)7-5-15)10-23-11-16-8-20(26-3)19(22)9-18(16)21(23)24/h4-9,14H,10-13H2,1-3H3. The van der Waals surface area contributed by atoms with Crippen molar-refractivity contribution in [3.8, 4) is 11.5 Å². The predicted octanol–water partition coefficient (Wildman–Crippen LogP) is 3.65. The van der Waals surface area contributed by atoms with E-state index in [0.717, 1.165) is 16.9 Å². The molecule has 1 atom stereocenters. The number of rotatable bonds is 8. The van der Waals surface area contributed by atoms with E-state index in [1.807, 2.05) is 31.2 Å². The van der Waals surface area contributed by atoms with Crippen molar-refractivity contribution in [1.29, 1.82) is 0 Å². The Morgan fingerprint density at radius 3 is 2.56 bits per heavy atom. The summed E-state index contributed by atoms with van der Waals surface area (Å²) in [7, 11) is 3.05. The summed E-state index contributed by atoms with van der Waals surface area (Å²) in [5.41, 5.74) is 2.28. The van der Waals surface area contributed by atoms with Crippen LogP contribution in [0.25, 0.3) is 0 Å². The van der Waals surface area contributed by atoms with Crippen LogP contribution in [0.5, 0.6) is 11.5 Å². The van der Waals surface area contributed by atoms with E-state index in [-0.39, 0.29) is 17.6 Å². The zero-order chi connectivity index (χ0) is 19.4. The van der Waals surface area contributed by atoms with Gasteiger partial charge in [0.2, 0.25) is 0 Å². The lowest BCUT2D eigenvalue weighted by molar-refractivity contribution is 0.0613. The number of benzene rings is 2. The average molecular weight is 373 g/mol. The van der Waals surface area contributed by atoms with Crippen molar-refractivity contribution in [1.82, 2.24) is 4.90 Å². The molecule has 27 heavy (non-hydrogen) atoms. The minimum atomic E-state index is -0.512. The number of hydrogen-bond acceptors (Lipinski definition) is 4. The van der Waals surface area contributed by atoms with E-state index in [1.165, 1.54) is 13.2 Å².